The van der Waals surface area contributed by atoms with Crippen molar-refractivity contribution < 1.29 is 4.79 Å². The maximum Gasteiger partial charge on any atom is 0.265 e. The third-order valence-corrected chi connectivity index (χ3v) is 5.01. The van der Waals surface area contributed by atoms with Gasteiger partial charge in [0.05, 0.1) is 5.69 Å². The second-order valence-corrected chi connectivity index (χ2v) is 6.24. The predicted octanol–water partition coefficient (Wildman–Crippen LogP) is 3.66. The summed E-state index contributed by atoms with van der Waals surface area (Å²) in [7, 11) is 0. The molecular formula is C14H9ClN2OS. The Morgan fingerprint density at radius 1 is 1.11 bits per heavy atom. The molecule has 2 aliphatic rings. The lowest BCUT2D eigenvalue weighted by atomic mass is 10.1. The molecule has 2 aromatic rings. The highest BCUT2D eigenvalue weighted by molar-refractivity contribution is 8.01. The van der Waals surface area contributed by atoms with E-state index in [0.29, 0.717) is 5.02 Å². The quantitative estimate of drug-likeness (QED) is 0.777. The molecule has 0 aliphatic carbocycles. The molecule has 2 N–H and O–H groups in total. The van der Waals surface area contributed by atoms with E-state index in [9.17, 15) is 4.79 Å². The standard InChI is InChI=1S/C14H9ClN2OS/c15-8-5-6-12-11(7-8)17-14(19-12)9-3-1-2-4-10(9)16-13(14)18/h1-7,17H,(H,16,18)/t14-/m1/s1. The van der Waals surface area contributed by atoms with Crippen LogP contribution in [0.1, 0.15) is 5.56 Å². The summed E-state index contributed by atoms with van der Waals surface area (Å²) in [5.41, 5.74) is 2.74. The largest absolute Gasteiger partial charge is 0.358 e. The Morgan fingerprint density at radius 3 is 2.84 bits per heavy atom. The fourth-order valence-corrected chi connectivity index (χ4v) is 3.98. The van der Waals surface area contributed by atoms with E-state index in [2.05, 4.69) is 10.6 Å². The Balaban J connectivity index is 1.88. The highest BCUT2D eigenvalue weighted by Gasteiger charge is 2.51. The molecule has 3 nitrogen and oxygen atoms in total. The van der Waals surface area contributed by atoms with Crippen LogP contribution in [0.3, 0.4) is 0 Å². The number of rotatable bonds is 0. The Bertz CT molecular complexity index is 718. The van der Waals surface area contributed by atoms with Crippen LogP contribution in [0.4, 0.5) is 11.4 Å². The zero-order chi connectivity index (χ0) is 13.0. The van der Waals surface area contributed by atoms with Gasteiger partial charge in [0.1, 0.15) is 0 Å². The van der Waals surface area contributed by atoms with Crippen LogP contribution < -0.4 is 10.6 Å². The summed E-state index contributed by atoms with van der Waals surface area (Å²) in [4.78, 5) is 12.7. The monoisotopic (exact) mass is 288 g/mol. The number of hydrogen-bond acceptors (Lipinski definition) is 3. The first kappa shape index (κ1) is 11.2. The van der Waals surface area contributed by atoms with E-state index < -0.39 is 4.87 Å². The molecule has 2 aromatic carbocycles. The number of nitrogens with one attached hydrogen (secondary N) is 2. The first-order valence-electron chi connectivity index (χ1n) is 5.87. The van der Waals surface area contributed by atoms with E-state index >= 15 is 0 Å². The van der Waals surface area contributed by atoms with Gasteiger partial charge in [0.25, 0.3) is 5.91 Å². The van der Waals surface area contributed by atoms with E-state index in [1.165, 1.54) is 11.8 Å². The Kier molecular flexibility index (Phi) is 2.17. The van der Waals surface area contributed by atoms with E-state index in [-0.39, 0.29) is 5.91 Å². The second-order valence-electron chi connectivity index (χ2n) is 4.55. The first-order chi connectivity index (χ1) is 9.19. The summed E-state index contributed by atoms with van der Waals surface area (Å²) in [6.45, 7) is 0. The van der Waals surface area contributed by atoms with E-state index in [4.69, 9.17) is 11.6 Å². The van der Waals surface area contributed by atoms with Crippen molar-refractivity contribution in [3.8, 4) is 0 Å². The van der Waals surface area contributed by atoms with Gasteiger partial charge in [-0.2, -0.15) is 0 Å². The fourth-order valence-electron chi connectivity index (χ4n) is 2.53. The summed E-state index contributed by atoms with van der Waals surface area (Å²) in [6, 6.07) is 13.4. The van der Waals surface area contributed by atoms with E-state index in [1.54, 1.807) is 0 Å². The summed E-state index contributed by atoms with van der Waals surface area (Å²) >= 11 is 7.53. The molecule has 1 atom stereocenters. The molecule has 1 amide bonds. The molecule has 2 heterocycles. The van der Waals surface area contributed by atoms with Crippen LogP contribution in [0, 0.1) is 0 Å². The van der Waals surface area contributed by atoms with Gasteiger partial charge in [0.2, 0.25) is 0 Å². The molecule has 0 radical (unpaired) electrons. The summed E-state index contributed by atoms with van der Waals surface area (Å²) in [6.07, 6.45) is 0. The molecule has 94 valence electrons. The van der Waals surface area contributed by atoms with Gasteiger partial charge in [-0.25, -0.2) is 0 Å². The number of fused-ring (bicyclic) bond motifs is 3. The molecule has 0 aromatic heterocycles. The minimum Gasteiger partial charge on any atom is -0.358 e. The first-order valence-corrected chi connectivity index (χ1v) is 7.06. The molecule has 0 unspecified atom stereocenters. The predicted molar refractivity (Wildman–Crippen MR) is 77.7 cm³/mol. The van der Waals surface area contributed by atoms with Crippen molar-refractivity contribution in [3.63, 3.8) is 0 Å². The van der Waals surface area contributed by atoms with Crippen molar-refractivity contribution >= 4 is 40.6 Å². The second kappa shape index (κ2) is 3.68. The SMILES string of the molecule is O=C1Nc2ccccc2[C@]12Nc1cc(Cl)ccc1S2. The molecule has 4 rings (SSSR count). The topological polar surface area (TPSA) is 41.1 Å². The molecule has 2 aliphatic heterocycles. The molecule has 0 saturated heterocycles. The molecule has 0 fully saturated rings. The molecular weight excluding hydrogens is 280 g/mol. The summed E-state index contributed by atoms with van der Waals surface area (Å²) in [5.74, 6) is -0.0361. The Morgan fingerprint density at radius 2 is 1.95 bits per heavy atom. The van der Waals surface area contributed by atoms with Crippen molar-refractivity contribution in [1.82, 2.24) is 0 Å². The normalized spacial score (nSPS) is 22.9. The number of hydrogen-bond donors (Lipinski definition) is 2. The summed E-state index contributed by atoms with van der Waals surface area (Å²) in [5, 5.41) is 6.91. The number of para-hydroxylation sites is 1. The maximum absolute atomic E-state index is 12.4. The molecule has 19 heavy (non-hydrogen) atoms. The molecule has 0 bridgehead atoms. The number of carbonyl (C=O) groups is 1. The van der Waals surface area contributed by atoms with Gasteiger partial charge in [0, 0.05) is 21.2 Å². The van der Waals surface area contributed by atoms with Crippen molar-refractivity contribution in [2.75, 3.05) is 10.6 Å². The third kappa shape index (κ3) is 1.44. The zero-order valence-electron chi connectivity index (χ0n) is 9.74. The van der Waals surface area contributed by atoms with Crippen LogP contribution in [0.2, 0.25) is 5.02 Å². The highest BCUT2D eigenvalue weighted by atomic mass is 35.5. The van der Waals surface area contributed by atoms with Crippen molar-refractivity contribution in [3.05, 3.63) is 53.1 Å². The van der Waals surface area contributed by atoms with Crippen LogP contribution in [-0.4, -0.2) is 5.91 Å². The van der Waals surface area contributed by atoms with Crippen LogP contribution in [0.15, 0.2) is 47.4 Å². The van der Waals surface area contributed by atoms with Gasteiger partial charge in [-0.1, -0.05) is 41.6 Å². The number of carbonyl (C=O) groups excluding carboxylic acids is 1. The number of thioether (sulfide) groups is 1. The number of benzene rings is 2. The van der Waals surface area contributed by atoms with Gasteiger partial charge in [-0.15, -0.1) is 0 Å². The van der Waals surface area contributed by atoms with Crippen molar-refractivity contribution in [1.29, 1.82) is 0 Å². The fraction of sp³-hybridized carbons (Fsp3) is 0.0714. The smallest absolute Gasteiger partial charge is 0.265 e. The van der Waals surface area contributed by atoms with Gasteiger partial charge < -0.3 is 10.6 Å². The lowest BCUT2D eigenvalue weighted by molar-refractivity contribution is -0.117. The Hall–Kier alpha value is -1.65. The lowest BCUT2D eigenvalue weighted by Crippen LogP contribution is -2.35. The average Bonchev–Trinajstić information content (AvgIpc) is 2.90. The van der Waals surface area contributed by atoms with Gasteiger partial charge in [-0.3, -0.25) is 4.79 Å². The maximum atomic E-state index is 12.4. The zero-order valence-corrected chi connectivity index (χ0v) is 11.3. The van der Waals surface area contributed by atoms with Crippen LogP contribution in [0.5, 0.6) is 0 Å². The van der Waals surface area contributed by atoms with Crippen molar-refractivity contribution in [2.24, 2.45) is 0 Å². The number of anilines is 2. The van der Waals surface area contributed by atoms with Crippen molar-refractivity contribution in [2.45, 2.75) is 9.77 Å². The minimum atomic E-state index is -0.760. The average molecular weight is 289 g/mol. The van der Waals surface area contributed by atoms with Gasteiger partial charge in [0.15, 0.2) is 4.87 Å². The highest BCUT2D eigenvalue weighted by Crippen LogP contribution is 2.55. The molecule has 1 spiro atoms. The van der Waals surface area contributed by atoms with Crippen LogP contribution in [0.25, 0.3) is 0 Å². The number of halogens is 1. The molecule has 5 heteroatoms. The van der Waals surface area contributed by atoms with Crippen LogP contribution in [-0.2, 0) is 9.67 Å². The summed E-state index contributed by atoms with van der Waals surface area (Å²) < 4.78 is 0. The lowest BCUT2D eigenvalue weighted by Gasteiger charge is -2.21. The van der Waals surface area contributed by atoms with Gasteiger partial charge in [-0.05, 0) is 24.3 Å². The van der Waals surface area contributed by atoms with E-state index in [0.717, 1.165) is 21.8 Å². The minimum absolute atomic E-state index is 0.0361. The Labute approximate surface area is 119 Å². The van der Waals surface area contributed by atoms with Gasteiger partial charge >= 0.3 is 0 Å². The third-order valence-electron chi connectivity index (χ3n) is 3.39. The molecule has 0 saturated carbocycles. The number of amides is 1. The van der Waals surface area contributed by atoms with Crippen LogP contribution >= 0.6 is 23.4 Å². The van der Waals surface area contributed by atoms with E-state index in [1.807, 2.05) is 42.5 Å².